The highest BCUT2D eigenvalue weighted by molar-refractivity contribution is 5.98. The van der Waals surface area contributed by atoms with Crippen molar-refractivity contribution in [3.8, 4) is 22.5 Å². The summed E-state index contributed by atoms with van der Waals surface area (Å²) in [6.45, 7) is 2.36. The molecule has 2 unspecified atom stereocenters. The predicted molar refractivity (Wildman–Crippen MR) is 155 cm³/mol. The van der Waals surface area contributed by atoms with Gasteiger partial charge in [-0.05, 0) is 48.7 Å². The zero-order valence-corrected chi connectivity index (χ0v) is 23.3. The molecule has 3 N–H and O–H groups in total. The van der Waals surface area contributed by atoms with E-state index in [1.54, 1.807) is 30.3 Å². The van der Waals surface area contributed by atoms with E-state index in [2.05, 4.69) is 20.2 Å². The Morgan fingerprint density at radius 3 is 2.25 bits per heavy atom. The summed E-state index contributed by atoms with van der Waals surface area (Å²) in [7, 11) is 0. The first kappa shape index (κ1) is 28.3. The van der Waals surface area contributed by atoms with E-state index in [1.165, 1.54) is 18.2 Å². The van der Waals surface area contributed by atoms with Crippen LogP contribution in [0.4, 0.5) is 26.3 Å². The maximum absolute atomic E-state index is 14.2. The van der Waals surface area contributed by atoms with E-state index in [4.69, 9.17) is 4.74 Å². The second kappa shape index (κ2) is 10.0. The lowest BCUT2D eigenvalue weighted by atomic mass is 9.74. The summed E-state index contributed by atoms with van der Waals surface area (Å²) in [4.78, 5) is 6.35. The minimum Gasteiger partial charge on any atom is -0.372 e. The normalized spacial score (nSPS) is 19.7. The van der Waals surface area contributed by atoms with Crippen LogP contribution in [-0.4, -0.2) is 26.8 Å². The van der Waals surface area contributed by atoms with Crippen molar-refractivity contribution in [2.75, 3.05) is 6.61 Å². The number of fused-ring (bicyclic) bond motifs is 2. The molecule has 226 valence electrons. The first-order valence-electron chi connectivity index (χ1n) is 14.1. The largest absolute Gasteiger partial charge is 0.419 e. The van der Waals surface area contributed by atoms with Gasteiger partial charge in [0.25, 0.3) is 0 Å². The van der Waals surface area contributed by atoms with Gasteiger partial charge in [-0.15, -0.1) is 0 Å². The number of nitrogens with one attached hydrogen (secondary N) is 3. The number of alkyl halides is 6. The van der Waals surface area contributed by atoms with Crippen LogP contribution in [0, 0.1) is 0 Å². The maximum Gasteiger partial charge on any atom is 0.419 e. The second-order valence-corrected chi connectivity index (χ2v) is 11.5. The smallest absolute Gasteiger partial charge is 0.372 e. The molecule has 3 aromatic carbocycles. The Balaban J connectivity index is 1.28. The average Bonchev–Trinajstić information content (AvgIpc) is 3.72. The fraction of sp³-hybridized carbons (Fsp3) is 0.242. The van der Waals surface area contributed by atoms with Crippen LogP contribution in [0.15, 0.2) is 78.9 Å². The molecule has 1 fully saturated rings. The summed E-state index contributed by atoms with van der Waals surface area (Å²) in [5, 5.41) is 7.98. The molecule has 44 heavy (non-hydrogen) atoms. The number of ether oxygens (including phenoxy) is 1. The van der Waals surface area contributed by atoms with E-state index in [-0.39, 0.29) is 16.8 Å². The zero-order valence-electron chi connectivity index (χ0n) is 23.3. The summed E-state index contributed by atoms with van der Waals surface area (Å²) in [5.41, 5.74) is 1.43. The third-order valence-electron chi connectivity index (χ3n) is 8.59. The number of aromatic nitrogens is 4. The van der Waals surface area contributed by atoms with Gasteiger partial charge in [0.05, 0.1) is 28.6 Å². The highest BCUT2D eigenvalue weighted by atomic mass is 19.4. The molecule has 11 heteroatoms. The number of aromatic amines is 3. The lowest BCUT2D eigenvalue weighted by molar-refractivity contribution is -0.137. The monoisotopic (exact) mass is 608 g/mol. The van der Waals surface area contributed by atoms with Crippen molar-refractivity contribution >= 4 is 21.8 Å². The molecule has 3 aromatic heterocycles. The van der Waals surface area contributed by atoms with Gasteiger partial charge in [0.1, 0.15) is 5.69 Å². The summed E-state index contributed by atoms with van der Waals surface area (Å²) >= 11 is 0. The van der Waals surface area contributed by atoms with Gasteiger partial charge < -0.3 is 14.7 Å². The SMILES string of the molecule is CC1(c2[nH]c3ccccc3c2-c2cccc(C(F)(F)F)c2)CCOC(c2cc(-c3[nH]c4ccccc4c3C(F)(F)F)n[nH]2)C1. The van der Waals surface area contributed by atoms with E-state index < -0.39 is 35.0 Å². The van der Waals surface area contributed by atoms with Crippen LogP contribution in [0.1, 0.15) is 48.4 Å². The molecule has 1 aliphatic heterocycles. The number of hydrogen-bond donors (Lipinski definition) is 3. The molecule has 0 bridgehead atoms. The Hall–Kier alpha value is -4.51. The third kappa shape index (κ3) is 4.75. The van der Waals surface area contributed by atoms with Gasteiger partial charge in [-0.3, -0.25) is 5.10 Å². The van der Waals surface area contributed by atoms with Crippen molar-refractivity contribution in [1.29, 1.82) is 0 Å². The molecule has 0 spiro atoms. The standard InChI is InChI=1S/C33H26F6N4O/c1-31(30-27(20-9-2-4-11-22(20)41-30)18-7-6-8-19(15-18)32(34,35)36)13-14-44-26(17-31)24-16-25(43-42-24)29-28(33(37,38)39)21-10-3-5-12-23(21)40-29/h2-12,15-16,26,40-41H,13-14,17H2,1H3,(H,42,43). The third-order valence-corrected chi connectivity index (χ3v) is 8.59. The van der Waals surface area contributed by atoms with E-state index in [9.17, 15) is 26.3 Å². The Labute approximate surface area is 247 Å². The first-order chi connectivity index (χ1) is 20.9. The van der Waals surface area contributed by atoms with Crippen molar-refractivity contribution in [3.05, 3.63) is 101 Å². The number of rotatable bonds is 4. The van der Waals surface area contributed by atoms with Gasteiger partial charge in [-0.1, -0.05) is 55.5 Å². The van der Waals surface area contributed by atoms with E-state index in [0.717, 1.165) is 22.7 Å². The van der Waals surface area contributed by atoms with Gasteiger partial charge >= 0.3 is 12.4 Å². The van der Waals surface area contributed by atoms with Crippen LogP contribution >= 0.6 is 0 Å². The number of para-hydroxylation sites is 2. The van der Waals surface area contributed by atoms with Crippen molar-refractivity contribution in [2.24, 2.45) is 0 Å². The molecule has 7 rings (SSSR count). The van der Waals surface area contributed by atoms with E-state index in [0.29, 0.717) is 41.8 Å². The van der Waals surface area contributed by atoms with Crippen molar-refractivity contribution in [2.45, 2.75) is 43.6 Å². The van der Waals surface area contributed by atoms with Crippen molar-refractivity contribution in [3.63, 3.8) is 0 Å². The molecule has 5 nitrogen and oxygen atoms in total. The summed E-state index contributed by atoms with van der Waals surface area (Å²) in [6, 6.07) is 20.6. The van der Waals surface area contributed by atoms with Crippen LogP contribution in [0.5, 0.6) is 0 Å². The molecule has 0 saturated carbocycles. The first-order valence-corrected chi connectivity index (χ1v) is 14.1. The Morgan fingerprint density at radius 2 is 1.52 bits per heavy atom. The minimum absolute atomic E-state index is 0.0574. The molecular weight excluding hydrogens is 582 g/mol. The zero-order chi connectivity index (χ0) is 30.9. The number of nitrogens with zero attached hydrogens (tertiary/aromatic N) is 1. The highest BCUT2D eigenvalue weighted by Gasteiger charge is 2.41. The summed E-state index contributed by atoms with van der Waals surface area (Å²) in [6.07, 6.45) is -8.67. The average molecular weight is 609 g/mol. The molecule has 4 heterocycles. The molecule has 6 aromatic rings. The Kier molecular flexibility index (Phi) is 6.44. The van der Waals surface area contributed by atoms with Gasteiger partial charge in [0, 0.05) is 45.1 Å². The van der Waals surface area contributed by atoms with E-state index in [1.807, 2.05) is 31.2 Å². The summed E-state index contributed by atoms with van der Waals surface area (Å²) in [5.74, 6) is 0. The number of halogens is 6. The molecule has 0 amide bonds. The van der Waals surface area contributed by atoms with Crippen LogP contribution in [0.25, 0.3) is 44.3 Å². The van der Waals surface area contributed by atoms with Crippen molar-refractivity contribution in [1.82, 2.24) is 20.2 Å². The lowest BCUT2D eigenvalue weighted by Gasteiger charge is -2.38. The molecule has 1 aliphatic rings. The van der Waals surface area contributed by atoms with Crippen LogP contribution in [0.3, 0.4) is 0 Å². The van der Waals surface area contributed by atoms with Gasteiger partial charge in [-0.25, -0.2) is 0 Å². The summed E-state index contributed by atoms with van der Waals surface area (Å²) < 4.78 is 89.6. The fourth-order valence-electron chi connectivity index (χ4n) is 6.43. The number of H-pyrrole nitrogens is 3. The quantitative estimate of drug-likeness (QED) is 0.175. The number of benzene rings is 3. The van der Waals surface area contributed by atoms with Crippen molar-refractivity contribution < 1.29 is 31.1 Å². The molecule has 2 atom stereocenters. The highest BCUT2D eigenvalue weighted by Crippen LogP contribution is 2.48. The van der Waals surface area contributed by atoms with Gasteiger partial charge in [-0.2, -0.15) is 31.4 Å². The molecule has 1 saturated heterocycles. The Morgan fingerprint density at radius 1 is 0.818 bits per heavy atom. The van der Waals surface area contributed by atoms with Crippen LogP contribution < -0.4 is 0 Å². The topological polar surface area (TPSA) is 69.5 Å². The lowest BCUT2D eigenvalue weighted by Crippen LogP contribution is -2.33. The molecule has 0 radical (unpaired) electrons. The predicted octanol–water partition coefficient (Wildman–Crippen LogP) is 9.55. The van der Waals surface area contributed by atoms with Crippen LogP contribution in [0.2, 0.25) is 0 Å². The van der Waals surface area contributed by atoms with Gasteiger partial charge in [0.2, 0.25) is 0 Å². The van der Waals surface area contributed by atoms with E-state index >= 15 is 0 Å². The Bertz CT molecular complexity index is 2000. The second-order valence-electron chi connectivity index (χ2n) is 11.5. The number of hydrogen-bond acceptors (Lipinski definition) is 2. The maximum atomic E-state index is 14.2. The molecule has 0 aliphatic carbocycles. The molecular formula is C33H26F6N4O. The van der Waals surface area contributed by atoms with Crippen LogP contribution in [-0.2, 0) is 22.5 Å². The fourth-order valence-corrected chi connectivity index (χ4v) is 6.43. The minimum atomic E-state index is -4.61. The van der Waals surface area contributed by atoms with Gasteiger partial charge in [0.15, 0.2) is 0 Å².